The van der Waals surface area contributed by atoms with Crippen molar-refractivity contribution < 1.29 is 9.53 Å². The number of carbonyl (C=O) groups is 1. The summed E-state index contributed by atoms with van der Waals surface area (Å²) in [6.45, 7) is 4.81. The summed E-state index contributed by atoms with van der Waals surface area (Å²) in [6.07, 6.45) is 3.35. The minimum atomic E-state index is 0.0807. The summed E-state index contributed by atoms with van der Waals surface area (Å²) in [5.41, 5.74) is 0. The third kappa shape index (κ3) is 4.62. The summed E-state index contributed by atoms with van der Waals surface area (Å²) in [5, 5.41) is 3.37. The Kier molecular flexibility index (Phi) is 5.65. The molecule has 4 heteroatoms. The van der Waals surface area contributed by atoms with Crippen molar-refractivity contribution in [3.63, 3.8) is 0 Å². The Labute approximate surface area is 92.0 Å². The molecule has 1 saturated heterocycles. The van der Waals surface area contributed by atoms with Crippen LogP contribution in [-0.4, -0.2) is 50.2 Å². The van der Waals surface area contributed by atoms with Crippen molar-refractivity contribution in [3.05, 3.63) is 0 Å². The van der Waals surface area contributed by atoms with Gasteiger partial charge in [0.25, 0.3) is 0 Å². The van der Waals surface area contributed by atoms with E-state index < -0.39 is 0 Å². The summed E-state index contributed by atoms with van der Waals surface area (Å²) in [5.74, 6) is 0.0807. The average Bonchev–Trinajstić information content (AvgIpc) is 2.70. The first kappa shape index (κ1) is 12.5. The minimum absolute atomic E-state index is 0.0807. The van der Waals surface area contributed by atoms with Crippen LogP contribution in [-0.2, 0) is 9.53 Å². The van der Waals surface area contributed by atoms with E-state index in [-0.39, 0.29) is 12.5 Å². The first-order chi connectivity index (χ1) is 7.24. The lowest BCUT2D eigenvalue weighted by atomic mass is 10.2. The van der Waals surface area contributed by atoms with Gasteiger partial charge in [-0.15, -0.1) is 0 Å². The fraction of sp³-hybridized carbons (Fsp3) is 0.909. The maximum absolute atomic E-state index is 11.6. The number of nitrogens with one attached hydrogen (secondary N) is 1. The molecular weight excluding hydrogens is 192 g/mol. The van der Waals surface area contributed by atoms with Gasteiger partial charge in [0.1, 0.15) is 6.61 Å². The van der Waals surface area contributed by atoms with Crippen molar-refractivity contribution >= 4 is 5.91 Å². The number of carbonyl (C=O) groups excluding carboxylic acids is 1. The highest BCUT2D eigenvalue weighted by molar-refractivity contribution is 5.77. The summed E-state index contributed by atoms with van der Waals surface area (Å²) < 4.78 is 5.22. The van der Waals surface area contributed by atoms with Crippen molar-refractivity contribution in [2.24, 2.45) is 0 Å². The largest absolute Gasteiger partial charge is 0.372 e. The summed E-state index contributed by atoms with van der Waals surface area (Å²) in [7, 11) is 1.84. The Morgan fingerprint density at radius 1 is 1.60 bits per heavy atom. The van der Waals surface area contributed by atoms with Crippen molar-refractivity contribution in [3.8, 4) is 0 Å². The lowest BCUT2D eigenvalue weighted by Crippen LogP contribution is -2.40. The topological polar surface area (TPSA) is 41.6 Å². The molecule has 0 radical (unpaired) electrons. The second-order valence-corrected chi connectivity index (χ2v) is 4.12. The van der Waals surface area contributed by atoms with Crippen LogP contribution in [0.25, 0.3) is 0 Å². The van der Waals surface area contributed by atoms with Crippen molar-refractivity contribution in [1.82, 2.24) is 10.2 Å². The van der Waals surface area contributed by atoms with Gasteiger partial charge in [0.2, 0.25) is 5.91 Å². The van der Waals surface area contributed by atoms with E-state index >= 15 is 0 Å². The molecule has 1 N–H and O–H groups in total. The summed E-state index contributed by atoms with van der Waals surface area (Å²) in [6, 6.07) is 0.477. The van der Waals surface area contributed by atoms with Gasteiger partial charge >= 0.3 is 0 Å². The van der Waals surface area contributed by atoms with Crippen LogP contribution in [0.1, 0.15) is 26.2 Å². The highest BCUT2D eigenvalue weighted by Crippen LogP contribution is 2.06. The zero-order chi connectivity index (χ0) is 11.1. The van der Waals surface area contributed by atoms with Gasteiger partial charge in [-0.3, -0.25) is 4.79 Å². The molecule has 0 aromatic rings. The molecule has 15 heavy (non-hydrogen) atoms. The summed E-state index contributed by atoms with van der Waals surface area (Å²) >= 11 is 0. The molecule has 0 saturated carbocycles. The van der Waals surface area contributed by atoms with Crippen LogP contribution in [0.2, 0.25) is 0 Å². The first-order valence-corrected chi connectivity index (χ1v) is 5.79. The van der Waals surface area contributed by atoms with Gasteiger partial charge in [-0.25, -0.2) is 0 Å². The fourth-order valence-corrected chi connectivity index (χ4v) is 1.76. The number of likely N-dealkylation sites (N-methyl/N-ethyl adjacent to an activating group) is 1. The molecule has 0 aromatic carbocycles. The quantitative estimate of drug-likeness (QED) is 0.659. The van der Waals surface area contributed by atoms with Crippen LogP contribution in [0.3, 0.4) is 0 Å². The fourth-order valence-electron chi connectivity index (χ4n) is 1.76. The Hall–Kier alpha value is -0.610. The molecule has 0 aliphatic carbocycles. The Morgan fingerprint density at radius 3 is 3.00 bits per heavy atom. The minimum Gasteiger partial charge on any atom is -0.372 e. The Balaban J connectivity index is 2.14. The zero-order valence-electron chi connectivity index (χ0n) is 9.79. The predicted molar refractivity (Wildman–Crippen MR) is 59.8 cm³/mol. The molecule has 1 amide bonds. The summed E-state index contributed by atoms with van der Waals surface area (Å²) in [4.78, 5) is 13.3. The zero-order valence-corrected chi connectivity index (χ0v) is 9.79. The molecule has 0 aromatic heterocycles. The molecule has 1 aliphatic rings. The highest BCUT2D eigenvalue weighted by Gasteiger charge is 2.18. The van der Waals surface area contributed by atoms with E-state index in [0.29, 0.717) is 12.6 Å². The Morgan fingerprint density at radius 2 is 2.40 bits per heavy atom. The van der Waals surface area contributed by atoms with Gasteiger partial charge < -0.3 is 15.0 Å². The van der Waals surface area contributed by atoms with Gasteiger partial charge in [0.15, 0.2) is 0 Å². The van der Waals surface area contributed by atoms with Gasteiger partial charge in [0, 0.05) is 26.2 Å². The van der Waals surface area contributed by atoms with Crippen molar-refractivity contribution in [1.29, 1.82) is 0 Å². The molecule has 1 rings (SSSR count). The maximum Gasteiger partial charge on any atom is 0.248 e. The van der Waals surface area contributed by atoms with E-state index in [4.69, 9.17) is 4.74 Å². The van der Waals surface area contributed by atoms with Crippen LogP contribution in [0.5, 0.6) is 0 Å². The number of hydrogen-bond donors (Lipinski definition) is 1. The van der Waals surface area contributed by atoms with Crippen LogP contribution in [0, 0.1) is 0 Å². The van der Waals surface area contributed by atoms with E-state index in [2.05, 4.69) is 5.32 Å². The lowest BCUT2D eigenvalue weighted by molar-refractivity contribution is -0.135. The van der Waals surface area contributed by atoms with Crippen LogP contribution < -0.4 is 5.32 Å². The van der Waals surface area contributed by atoms with E-state index in [1.54, 1.807) is 4.90 Å². The molecule has 4 nitrogen and oxygen atoms in total. The molecule has 1 aliphatic heterocycles. The second-order valence-electron chi connectivity index (χ2n) is 4.12. The smallest absolute Gasteiger partial charge is 0.248 e. The standard InChI is InChI=1S/C11H22N2O2/c1-3-7-15-9-11(14)13(2)8-10-5-4-6-12-10/h10,12H,3-9H2,1-2H3. The number of ether oxygens (including phenoxy) is 1. The van der Waals surface area contributed by atoms with E-state index in [0.717, 1.165) is 19.5 Å². The van der Waals surface area contributed by atoms with E-state index in [9.17, 15) is 4.79 Å². The van der Waals surface area contributed by atoms with Crippen molar-refractivity contribution in [2.45, 2.75) is 32.2 Å². The molecule has 1 atom stereocenters. The lowest BCUT2D eigenvalue weighted by Gasteiger charge is -2.21. The van der Waals surface area contributed by atoms with Gasteiger partial charge in [-0.1, -0.05) is 6.92 Å². The van der Waals surface area contributed by atoms with Crippen molar-refractivity contribution in [2.75, 3.05) is 33.4 Å². The van der Waals surface area contributed by atoms with Crippen LogP contribution in [0.4, 0.5) is 0 Å². The number of nitrogens with zero attached hydrogens (tertiary/aromatic N) is 1. The van der Waals surface area contributed by atoms with Gasteiger partial charge in [-0.05, 0) is 25.8 Å². The SMILES string of the molecule is CCCOCC(=O)N(C)CC1CCCN1. The molecular formula is C11H22N2O2. The molecule has 1 unspecified atom stereocenters. The molecule has 88 valence electrons. The first-order valence-electron chi connectivity index (χ1n) is 5.79. The predicted octanol–water partition coefficient (Wildman–Crippen LogP) is 0.623. The van der Waals surface area contributed by atoms with Gasteiger partial charge in [0.05, 0.1) is 0 Å². The second kappa shape index (κ2) is 6.80. The van der Waals surface area contributed by atoms with Gasteiger partial charge in [-0.2, -0.15) is 0 Å². The number of amides is 1. The number of rotatable bonds is 6. The highest BCUT2D eigenvalue weighted by atomic mass is 16.5. The molecule has 1 fully saturated rings. The molecule has 0 bridgehead atoms. The Bertz CT molecular complexity index is 191. The van der Waals surface area contributed by atoms with Crippen LogP contribution in [0.15, 0.2) is 0 Å². The monoisotopic (exact) mass is 214 g/mol. The average molecular weight is 214 g/mol. The maximum atomic E-state index is 11.6. The third-order valence-corrected chi connectivity index (χ3v) is 2.66. The molecule has 1 heterocycles. The normalized spacial score (nSPS) is 20.5. The molecule has 0 spiro atoms. The number of hydrogen-bond acceptors (Lipinski definition) is 3. The van der Waals surface area contributed by atoms with Crippen LogP contribution >= 0.6 is 0 Å². The third-order valence-electron chi connectivity index (χ3n) is 2.66. The van der Waals surface area contributed by atoms with E-state index in [1.807, 2.05) is 14.0 Å². The van der Waals surface area contributed by atoms with E-state index in [1.165, 1.54) is 12.8 Å².